The molecule has 5 nitrogen and oxygen atoms in total. The molecule has 1 fully saturated rings. The minimum absolute atomic E-state index is 0.00935. The van der Waals surface area contributed by atoms with Gasteiger partial charge >= 0.3 is 11.9 Å². The molecule has 1 aliphatic heterocycles. The highest BCUT2D eigenvalue weighted by atomic mass is 16.8. The quantitative estimate of drug-likeness (QED) is 0.591. The molecule has 0 N–H and O–H groups in total. The Bertz CT molecular complexity index is 201. The highest BCUT2D eigenvalue weighted by Crippen LogP contribution is 2.05. The summed E-state index contributed by atoms with van der Waals surface area (Å²) in [6.45, 7) is 1.81. The summed E-state index contributed by atoms with van der Waals surface area (Å²) >= 11 is 0. The molecule has 1 saturated heterocycles. The topological polar surface area (TPSA) is 61.8 Å². The number of rotatable bonds is 4. The van der Waals surface area contributed by atoms with Crippen molar-refractivity contribution in [2.75, 3.05) is 13.2 Å². The smallest absolute Gasteiger partial charge is 0.334 e. The maximum Gasteiger partial charge on any atom is 0.334 e. The van der Waals surface area contributed by atoms with E-state index in [0.29, 0.717) is 6.42 Å². The zero-order valence-electron chi connectivity index (χ0n) is 7.45. The summed E-state index contributed by atoms with van der Waals surface area (Å²) in [4.78, 5) is 21.4. The molecule has 0 spiro atoms. The van der Waals surface area contributed by atoms with Crippen LogP contribution >= 0.6 is 0 Å². The minimum atomic E-state index is -0.715. The molecule has 5 heteroatoms. The van der Waals surface area contributed by atoms with Gasteiger partial charge < -0.3 is 14.2 Å². The molecule has 0 unspecified atom stereocenters. The molecule has 0 amide bonds. The van der Waals surface area contributed by atoms with E-state index in [9.17, 15) is 9.59 Å². The average molecular weight is 188 g/mol. The molecular weight excluding hydrogens is 176 g/mol. The van der Waals surface area contributed by atoms with Crippen molar-refractivity contribution in [2.45, 2.75) is 26.1 Å². The maximum absolute atomic E-state index is 10.9. The Morgan fingerprint density at radius 1 is 1.69 bits per heavy atom. The lowest BCUT2D eigenvalue weighted by atomic mass is 10.3. The molecule has 0 aliphatic carbocycles. The lowest BCUT2D eigenvalue weighted by Gasteiger charge is -2.08. The number of hydrogen-bond donors (Lipinski definition) is 0. The third-order valence-corrected chi connectivity index (χ3v) is 1.48. The molecule has 13 heavy (non-hydrogen) atoms. The molecule has 0 bridgehead atoms. The van der Waals surface area contributed by atoms with Crippen molar-refractivity contribution in [2.24, 2.45) is 0 Å². The molecule has 1 atom stereocenters. The standard InChI is InChI=1S/C8H12O5/c1-2-3-6(9)11-5-8-12-4-7(10)13-8/h8H,2-5H2,1H3/t8-/m1/s1. The Hall–Kier alpha value is -1.10. The van der Waals surface area contributed by atoms with Gasteiger partial charge in [0.05, 0.1) is 0 Å². The lowest BCUT2D eigenvalue weighted by Crippen LogP contribution is -2.19. The van der Waals surface area contributed by atoms with Crippen molar-refractivity contribution in [1.29, 1.82) is 0 Å². The zero-order chi connectivity index (χ0) is 9.68. The number of cyclic esters (lactones) is 1. The van der Waals surface area contributed by atoms with Crippen LogP contribution in [0, 0.1) is 0 Å². The van der Waals surface area contributed by atoms with Crippen LogP contribution in [0.1, 0.15) is 19.8 Å². The van der Waals surface area contributed by atoms with Crippen molar-refractivity contribution in [1.82, 2.24) is 0 Å². The second-order valence-corrected chi connectivity index (χ2v) is 2.66. The minimum Gasteiger partial charge on any atom is -0.459 e. The zero-order valence-corrected chi connectivity index (χ0v) is 7.45. The van der Waals surface area contributed by atoms with E-state index in [0.717, 1.165) is 6.42 Å². The van der Waals surface area contributed by atoms with Crippen LogP contribution in [0.2, 0.25) is 0 Å². The summed E-state index contributed by atoms with van der Waals surface area (Å²) < 4.78 is 14.3. The molecular formula is C8H12O5. The monoisotopic (exact) mass is 188 g/mol. The van der Waals surface area contributed by atoms with E-state index < -0.39 is 12.3 Å². The first kappa shape index (κ1) is 9.98. The Morgan fingerprint density at radius 2 is 2.46 bits per heavy atom. The van der Waals surface area contributed by atoms with E-state index in [1.165, 1.54) is 0 Å². The molecule has 1 aliphatic rings. The molecule has 0 radical (unpaired) electrons. The number of hydrogen-bond acceptors (Lipinski definition) is 5. The molecule has 1 heterocycles. The first-order valence-corrected chi connectivity index (χ1v) is 4.19. The van der Waals surface area contributed by atoms with Gasteiger partial charge in [0.1, 0.15) is 6.61 Å². The van der Waals surface area contributed by atoms with E-state index in [1.54, 1.807) is 0 Å². The lowest BCUT2D eigenvalue weighted by molar-refractivity contribution is -0.161. The van der Waals surface area contributed by atoms with Crippen LogP contribution in [-0.4, -0.2) is 31.4 Å². The Labute approximate surface area is 76.0 Å². The Kier molecular flexibility index (Phi) is 3.70. The summed E-state index contributed by atoms with van der Waals surface area (Å²) in [5.41, 5.74) is 0. The molecule has 1 rings (SSSR count). The van der Waals surface area contributed by atoms with Gasteiger partial charge in [0, 0.05) is 6.42 Å². The van der Waals surface area contributed by atoms with Crippen LogP contribution in [0.25, 0.3) is 0 Å². The first-order valence-electron chi connectivity index (χ1n) is 4.19. The summed E-state index contributed by atoms with van der Waals surface area (Å²) in [6.07, 6.45) is 0.401. The largest absolute Gasteiger partial charge is 0.459 e. The van der Waals surface area contributed by atoms with Gasteiger partial charge in [-0.05, 0) is 6.42 Å². The predicted octanol–water partition coefficient (Wildman–Crippen LogP) is 0.229. The van der Waals surface area contributed by atoms with E-state index >= 15 is 0 Å². The van der Waals surface area contributed by atoms with Gasteiger partial charge in [-0.2, -0.15) is 0 Å². The van der Waals surface area contributed by atoms with Crippen molar-refractivity contribution in [3.8, 4) is 0 Å². The van der Waals surface area contributed by atoms with Crippen LogP contribution in [-0.2, 0) is 23.8 Å². The third-order valence-electron chi connectivity index (χ3n) is 1.48. The fourth-order valence-corrected chi connectivity index (χ4v) is 0.895. The Morgan fingerprint density at radius 3 is 3.00 bits per heavy atom. The van der Waals surface area contributed by atoms with Gasteiger partial charge in [0.2, 0.25) is 6.29 Å². The predicted molar refractivity (Wildman–Crippen MR) is 41.7 cm³/mol. The van der Waals surface area contributed by atoms with E-state index in [1.807, 2.05) is 6.92 Å². The molecule has 0 aromatic heterocycles. The average Bonchev–Trinajstić information content (AvgIpc) is 2.49. The van der Waals surface area contributed by atoms with Gasteiger partial charge in [-0.3, -0.25) is 4.79 Å². The van der Waals surface area contributed by atoms with Crippen molar-refractivity contribution < 1.29 is 23.8 Å². The molecule has 0 aromatic carbocycles. The van der Waals surface area contributed by atoms with E-state index in [-0.39, 0.29) is 19.2 Å². The van der Waals surface area contributed by atoms with Crippen molar-refractivity contribution >= 4 is 11.9 Å². The Balaban J connectivity index is 2.12. The fourth-order valence-electron chi connectivity index (χ4n) is 0.895. The molecule has 0 aromatic rings. The third kappa shape index (κ3) is 3.42. The second-order valence-electron chi connectivity index (χ2n) is 2.66. The van der Waals surface area contributed by atoms with Crippen LogP contribution in [0.5, 0.6) is 0 Å². The van der Waals surface area contributed by atoms with Crippen molar-refractivity contribution in [3.05, 3.63) is 0 Å². The number of carbonyl (C=O) groups excluding carboxylic acids is 2. The summed E-state index contributed by atoms with van der Waals surface area (Å²) in [6, 6.07) is 0. The summed E-state index contributed by atoms with van der Waals surface area (Å²) in [5.74, 6) is -0.717. The number of ether oxygens (including phenoxy) is 3. The van der Waals surface area contributed by atoms with Gasteiger partial charge in [-0.1, -0.05) is 6.92 Å². The van der Waals surface area contributed by atoms with Crippen molar-refractivity contribution in [3.63, 3.8) is 0 Å². The molecule has 0 saturated carbocycles. The molecule has 74 valence electrons. The second kappa shape index (κ2) is 4.81. The number of esters is 2. The van der Waals surface area contributed by atoms with E-state index in [2.05, 4.69) is 4.74 Å². The van der Waals surface area contributed by atoms with E-state index in [4.69, 9.17) is 9.47 Å². The highest BCUT2D eigenvalue weighted by Gasteiger charge is 2.24. The SMILES string of the molecule is CCCC(=O)OC[C@@H]1OCC(=O)O1. The summed E-state index contributed by atoms with van der Waals surface area (Å²) in [5, 5.41) is 0. The highest BCUT2D eigenvalue weighted by molar-refractivity contribution is 5.72. The van der Waals surface area contributed by atoms with Crippen LogP contribution < -0.4 is 0 Å². The van der Waals surface area contributed by atoms with Gasteiger partial charge in [-0.25, -0.2) is 4.79 Å². The maximum atomic E-state index is 10.9. The van der Waals surface area contributed by atoms with Crippen LogP contribution in [0.15, 0.2) is 0 Å². The fraction of sp³-hybridized carbons (Fsp3) is 0.750. The van der Waals surface area contributed by atoms with Crippen LogP contribution in [0.4, 0.5) is 0 Å². The van der Waals surface area contributed by atoms with Gasteiger partial charge in [0.15, 0.2) is 6.61 Å². The first-order chi connectivity index (χ1) is 6.22. The number of carbonyl (C=O) groups is 2. The van der Waals surface area contributed by atoms with Crippen LogP contribution in [0.3, 0.4) is 0 Å². The van der Waals surface area contributed by atoms with Gasteiger partial charge in [-0.15, -0.1) is 0 Å². The van der Waals surface area contributed by atoms with Gasteiger partial charge in [0.25, 0.3) is 0 Å². The normalized spacial score (nSPS) is 21.3. The summed E-state index contributed by atoms with van der Waals surface area (Å²) in [7, 11) is 0.